The van der Waals surface area contributed by atoms with Gasteiger partial charge in [0.25, 0.3) is 0 Å². The largest absolute Gasteiger partial charge is 0.490 e. The first-order valence-electron chi connectivity index (χ1n) is 11.3. The summed E-state index contributed by atoms with van der Waals surface area (Å²) < 4.78 is 7.84. The highest BCUT2D eigenvalue weighted by Gasteiger charge is 2.18. The summed E-state index contributed by atoms with van der Waals surface area (Å²) in [7, 11) is 4.02. The van der Waals surface area contributed by atoms with Crippen LogP contribution in [-0.4, -0.2) is 56.7 Å². The van der Waals surface area contributed by atoms with Gasteiger partial charge in [0.2, 0.25) is 0 Å². The number of rotatable bonds is 6. The number of Topliss-reactive ketones (excluding diaryl/α,β-unsaturated/α-hetero) is 1. The molecule has 4 heterocycles. The summed E-state index contributed by atoms with van der Waals surface area (Å²) in [6, 6.07) is 11.5. The first-order valence-corrected chi connectivity index (χ1v) is 11.3. The number of fused-ring (bicyclic) bond motifs is 1. The summed E-state index contributed by atoms with van der Waals surface area (Å²) in [6.07, 6.45) is 9.85. The fourth-order valence-corrected chi connectivity index (χ4v) is 4.17. The summed E-state index contributed by atoms with van der Waals surface area (Å²) in [4.78, 5) is 24.2. The fraction of sp³-hybridized carbons (Fsp3) is 0.308. The maximum Gasteiger partial charge on any atom is 0.168 e. The van der Waals surface area contributed by atoms with E-state index in [4.69, 9.17) is 4.74 Å². The molecule has 0 unspecified atom stereocenters. The summed E-state index contributed by atoms with van der Waals surface area (Å²) >= 11 is 0. The molecular weight excluding hydrogens is 414 g/mol. The van der Waals surface area contributed by atoms with Crippen LogP contribution in [0, 0.1) is 0 Å². The second-order valence-corrected chi connectivity index (χ2v) is 8.74. The van der Waals surface area contributed by atoms with Crippen molar-refractivity contribution in [1.82, 2.24) is 24.6 Å². The molecule has 0 saturated carbocycles. The van der Waals surface area contributed by atoms with Crippen molar-refractivity contribution in [1.29, 1.82) is 0 Å². The van der Waals surface area contributed by atoms with E-state index in [9.17, 15) is 4.79 Å². The van der Waals surface area contributed by atoms with Gasteiger partial charge in [0.05, 0.1) is 18.3 Å². The number of aromatic nitrogens is 4. The number of benzene rings is 1. The van der Waals surface area contributed by atoms with Crippen LogP contribution in [0.5, 0.6) is 5.75 Å². The molecule has 7 nitrogen and oxygen atoms in total. The van der Waals surface area contributed by atoms with Gasteiger partial charge in [-0.1, -0.05) is 0 Å². The molecular formula is C26H27N5O2. The van der Waals surface area contributed by atoms with Gasteiger partial charge in [0.1, 0.15) is 11.9 Å². The quantitative estimate of drug-likeness (QED) is 0.422. The van der Waals surface area contributed by atoms with Crippen LogP contribution >= 0.6 is 0 Å². The summed E-state index contributed by atoms with van der Waals surface area (Å²) in [5, 5.41) is 6.16. The molecule has 4 aromatic rings. The van der Waals surface area contributed by atoms with Crippen molar-refractivity contribution < 1.29 is 9.53 Å². The second-order valence-electron chi connectivity index (χ2n) is 8.74. The Morgan fingerprint density at radius 3 is 2.48 bits per heavy atom. The molecule has 0 radical (unpaired) electrons. The molecule has 7 heteroatoms. The normalized spacial score (nSPS) is 15.1. The van der Waals surface area contributed by atoms with Gasteiger partial charge in [-0.15, -0.1) is 0 Å². The zero-order valence-electron chi connectivity index (χ0n) is 18.9. The number of hydrogen-bond donors (Lipinski definition) is 0. The van der Waals surface area contributed by atoms with Crippen LogP contribution in [0.4, 0.5) is 0 Å². The Labute approximate surface area is 193 Å². The maximum absolute atomic E-state index is 12.9. The molecule has 1 aromatic carbocycles. The molecule has 0 N–H and O–H groups in total. The zero-order valence-corrected chi connectivity index (χ0v) is 18.9. The highest BCUT2D eigenvalue weighted by atomic mass is 16.5. The highest BCUT2D eigenvalue weighted by molar-refractivity contribution is 5.98. The van der Waals surface area contributed by atoms with Gasteiger partial charge in [0, 0.05) is 60.9 Å². The SMILES string of the molecule is CN1CCC(Oc2ccc(C(=O)Cc3cc4cc(-c5cnn(C)c5)ncc4cn3)cc2)CC1. The maximum atomic E-state index is 12.9. The lowest BCUT2D eigenvalue weighted by Crippen LogP contribution is -2.35. The van der Waals surface area contributed by atoms with Crippen molar-refractivity contribution in [2.24, 2.45) is 7.05 Å². The first kappa shape index (κ1) is 21.3. The third kappa shape index (κ3) is 4.93. The lowest BCUT2D eigenvalue weighted by Gasteiger charge is -2.29. The predicted molar refractivity (Wildman–Crippen MR) is 127 cm³/mol. The minimum Gasteiger partial charge on any atom is -0.490 e. The smallest absolute Gasteiger partial charge is 0.168 e. The van der Waals surface area contributed by atoms with E-state index in [0.29, 0.717) is 5.56 Å². The van der Waals surface area contributed by atoms with Crippen molar-refractivity contribution in [3.8, 4) is 17.0 Å². The fourth-order valence-electron chi connectivity index (χ4n) is 4.17. The number of ether oxygens (including phenoxy) is 1. The molecule has 1 saturated heterocycles. The Morgan fingerprint density at radius 2 is 1.76 bits per heavy atom. The minimum absolute atomic E-state index is 0.0363. The molecule has 1 aliphatic heterocycles. The number of carbonyl (C=O) groups is 1. The predicted octanol–water partition coefficient (Wildman–Crippen LogP) is 3.93. The number of pyridine rings is 2. The Hall–Kier alpha value is -3.58. The van der Waals surface area contributed by atoms with E-state index in [-0.39, 0.29) is 18.3 Å². The van der Waals surface area contributed by atoms with Crippen molar-refractivity contribution in [3.05, 3.63) is 72.4 Å². The lowest BCUT2D eigenvalue weighted by molar-refractivity contribution is 0.0991. The lowest BCUT2D eigenvalue weighted by atomic mass is 10.0. The third-order valence-electron chi connectivity index (χ3n) is 6.15. The third-order valence-corrected chi connectivity index (χ3v) is 6.15. The van der Waals surface area contributed by atoms with Crippen molar-refractivity contribution >= 4 is 16.6 Å². The van der Waals surface area contributed by atoms with Crippen LogP contribution in [0.25, 0.3) is 22.0 Å². The Morgan fingerprint density at radius 1 is 1.00 bits per heavy atom. The molecule has 0 bridgehead atoms. The molecule has 0 spiro atoms. The molecule has 3 aromatic heterocycles. The number of ketones is 1. The zero-order chi connectivity index (χ0) is 22.8. The van der Waals surface area contributed by atoms with Gasteiger partial charge in [0.15, 0.2) is 5.78 Å². The molecule has 33 heavy (non-hydrogen) atoms. The number of likely N-dealkylation sites (tertiary alicyclic amines) is 1. The van der Waals surface area contributed by atoms with Crippen LogP contribution in [0.3, 0.4) is 0 Å². The van der Waals surface area contributed by atoms with Gasteiger partial charge >= 0.3 is 0 Å². The summed E-state index contributed by atoms with van der Waals surface area (Å²) in [5.74, 6) is 0.856. The molecule has 0 amide bonds. The van der Waals surface area contributed by atoms with Gasteiger partial charge in [-0.3, -0.25) is 19.4 Å². The average Bonchev–Trinajstić information content (AvgIpc) is 3.27. The van der Waals surface area contributed by atoms with Crippen molar-refractivity contribution in [3.63, 3.8) is 0 Å². The van der Waals surface area contributed by atoms with Crippen LogP contribution in [-0.2, 0) is 13.5 Å². The van der Waals surface area contributed by atoms with Crippen molar-refractivity contribution in [2.75, 3.05) is 20.1 Å². The molecule has 0 aliphatic carbocycles. The average molecular weight is 442 g/mol. The van der Waals surface area contributed by atoms with E-state index in [2.05, 4.69) is 27.0 Å². The van der Waals surface area contributed by atoms with E-state index in [1.807, 2.05) is 49.6 Å². The van der Waals surface area contributed by atoms with E-state index < -0.39 is 0 Å². The molecule has 1 fully saturated rings. The van der Waals surface area contributed by atoms with E-state index >= 15 is 0 Å². The van der Waals surface area contributed by atoms with Gasteiger partial charge in [-0.05, 0) is 61.7 Å². The monoisotopic (exact) mass is 441 g/mol. The number of nitrogens with zero attached hydrogens (tertiary/aromatic N) is 5. The molecule has 5 rings (SSSR count). The van der Waals surface area contributed by atoms with E-state index in [1.165, 1.54) is 0 Å². The highest BCUT2D eigenvalue weighted by Crippen LogP contribution is 2.23. The number of hydrogen-bond acceptors (Lipinski definition) is 6. The van der Waals surface area contributed by atoms with Gasteiger partial charge < -0.3 is 9.64 Å². The van der Waals surface area contributed by atoms with Gasteiger partial charge in [-0.25, -0.2) is 0 Å². The Kier molecular flexibility index (Phi) is 5.88. The summed E-state index contributed by atoms with van der Waals surface area (Å²) in [6.45, 7) is 2.11. The number of carbonyl (C=O) groups excluding carboxylic acids is 1. The number of piperidine rings is 1. The minimum atomic E-state index is 0.0363. The standard InChI is InChI=1S/C26H27N5O2/c1-30-9-7-24(8-10-30)33-23-5-3-18(4-6-23)26(32)13-22-11-19-12-25(21-16-29-31(2)17-21)28-15-20(19)14-27-22/h3-6,11-12,14-17,24H,7-10,13H2,1-2H3. The van der Waals surface area contributed by atoms with Crippen molar-refractivity contribution in [2.45, 2.75) is 25.4 Å². The molecule has 168 valence electrons. The van der Waals surface area contributed by atoms with Crippen LogP contribution < -0.4 is 4.74 Å². The summed E-state index contributed by atoms with van der Waals surface area (Å²) in [5.41, 5.74) is 3.21. The van der Waals surface area contributed by atoms with E-state index in [1.54, 1.807) is 23.3 Å². The van der Waals surface area contributed by atoms with E-state index in [0.717, 1.165) is 59.4 Å². The van der Waals surface area contributed by atoms with Crippen LogP contribution in [0.2, 0.25) is 0 Å². The van der Waals surface area contributed by atoms with Gasteiger partial charge in [-0.2, -0.15) is 5.10 Å². The van der Waals surface area contributed by atoms with Crippen LogP contribution in [0.1, 0.15) is 28.9 Å². The topological polar surface area (TPSA) is 73.1 Å². The Balaban J connectivity index is 1.27. The first-order chi connectivity index (χ1) is 16.0. The second kappa shape index (κ2) is 9.11. The van der Waals surface area contributed by atoms with Crippen LogP contribution in [0.15, 0.2) is 61.2 Å². The Bertz CT molecular complexity index is 1270. The number of aryl methyl sites for hydroxylation is 1. The molecule has 0 atom stereocenters. The molecule has 1 aliphatic rings.